The van der Waals surface area contributed by atoms with E-state index in [0.29, 0.717) is 28.7 Å². The van der Waals surface area contributed by atoms with Gasteiger partial charge in [0, 0.05) is 23.7 Å². The van der Waals surface area contributed by atoms with E-state index >= 15 is 0 Å². The Morgan fingerprint density at radius 2 is 1.91 bits per heavy atom. The van der Waals surface area contributed by atoms with E-state index in [1.807, 2.05) is 50.2 Å². The lowest BCUT2D eigenvalue weighted by Gasteiger charge is -2.12. The average Bonchev–Trinajstić information content (AvgIpc) is 2.43. The third-order valence-electron chi connectivity index (χ3n) is 3.20. The van der Waals surface area contributed by atoms with Crippen LogP contribution in [0.15, 0.2) is 36.4 Å². The highest BCUT2D eigenvalue weighted by molar-refractivity contribution is 6.34. The maximum atomic E-state index is 12.0. The Balaban J connectivity index is 1.89. The van der Waals surface area contributed by atoms with Gasteiger partial charge in [-0.15, -0.1) is 0 Å². The fourth-order valence-corrected chi connectivity index (χ4v) is 2.75. The molecule has 22 heavy (non-hydrogen) atoms. The number of carbonyl (C=O) groups is 1. The molecule has 0 aliphatic heterocycles. The van der Waals surface area contributed by atoms with Gasteiger partial charge in [0.2, 0.25) is 5.91 Å². The highest BCUT2D eigenvalue weighted by atomic mass is 35.5. The quantitative estimate of drug-likeness (QED) is 0.801. The number of nitrogens with one attached hydrogen (secondary N) is 2. The van der Waals surface area contributed by atoms with Crippen molar-refractivity contribution < 1.29 is 4.79 Å². The molecule has 0 aliphatic carbocycles. The molecule has 0 fully saturated rings. The minimum atomic E-state index is -0.0802. The summed E-state index contributed by atoms with van der Waals surface area (Å²) in [5.74, 6) is -0.0802. The van der Waals surface area contributed by atoms with Crippen LogP contribution < -0.4 is 10.6 Å². The van der Waals surface area contributed by atoms with Gasteiger partial charge in [-0.1, -0.05) is 35.3 Å². The minimum Gasteiger partial charge on any atom is -0.384 e. The topological polar surface area (TPSA) is 41.1 Å². The van der Waals surface area contributed by atoms with Gasteiger partial charge in [0.1, 0.15) is 0 Å². The van der Waals surface area contributed by atoms with E-state index in [-0.39, 0.29) is 5.91 Å². The minimum absolute atomic E-state index is 0.0802. The van der Waals surface area contributed by atoms with Crippen molar-refractivity contribution in [2.45, 2.75) is 20.3 Å². The number of hydrogen-bond donors (Lipinski definition) is 2. The number of rotatable bonds is 5. The van der Waals surface area contributed by atoms with Crippen molar-refractivity contribution in [3.05, 3.63) is 57.6 Å². The van der Waals surface area contributed by atoms with Crippen molar-refractivity contribution in [1.29, 1.82) is 0 Å². The molecule has 2 aromatic carbocycles. The molecule has 3 nitrogen and oxygen atoms in total. The van der Waals surface area contributed by atoms with E-state index in [1.54, 1.807) is 0 Å². The summed E-state index contributed by atoms with van der Waals surface area (Å²) < 4.78 is 0. The van der Waals surface area contributed by atoms with Crippen LogP contribution in [-0.2, 0) is 4.79 Å². The fourth-order valence-electron chi connectivity index (χ4n) is 2.19. The highest BCUT2D eigenvalue weighted by Crippen LogP contribution is 2.27. The van der Waals surface area contributed by atoms with Crippen LogP contribution in [0.25, 0.3) is 0 Å². The third kappa shape index (κ3) is 4.65. The molecular formula is C17H18Cl2N2O. The predicted octanol–water partition coefficient (Wildman–Crippen LogP) is 5.05. The number of benzene rings is 2. The van der Waals surface area contributed by atoms with E-state index < -0.39 is 0 Å². The van der Waals surface area contributed by atoms with Gasteiger partial charge in [0.05, 0.1) is 10.7 Å². The average molecular weight is 337 g/mol. The summed E-state index contributed by atoms with van der Waals surface area (Å²) in [6.45, 7) is 4.42. The number of carbonyl (C=O) groups excluding carboxylic acids is 1. The summed E-state index contributed by atoms with van der Waals surface area (Å²) in [7, 11) is 0. The fraction of sp³-hybridized carbons (Fsp3) is 0.235. The summed E-state index contributed by atoms with van der Waals surface area (Å²) in [6.07, 6.45) is 0.343. The van der Waals surface area contributed by atoms with Gasteiger partial charge in [0.25, 0.3) is 0 Å². The van der Waals surface area contributed by atoms with Crippen LogP contribution in [0.4, 0.5) is 11.4 Å². The Labute approximate surface area is 140 Å². The SMILES string of the molecule is Cc1cc(C)c(NC(=O)CCNc2cccc(Cl)c2)c(Cl)c1. The third-order valence-corrected chi connectivity index (χ3v) is 3.74. The monoisotopic (exact) mass is 336 g/mol. The van der Waals surface area contributed by atoms with E-state index in [0.717, 1.165) is 16.8 Å². The normalized spacial score (nSPS) is 10.4. The number of hydrogen-bond acceptors (Lipinski definition) is 2. The van der Waals surface area contributed by atoms with Crippen molar-refractivity contribution in [1.82, 2.24) is 0 Å². The summed E-state index contributed by atoms with van der Waals surface area (Å²) >= 11 is 12.1. The summed E-state index contributed by atoms with van der Waals surface area (Å²) in [4.78, 5) is 12.0. The Morgan fingerprint density at radius 3 is 2.59 bits per heavy atom. The standard InChI is InChI=1S/C17H18Cl2N2O/c1-11-8-12(2)17(15(19)9-11)21-16(22)6-7-20-14-5-3-4-13(18)10-14/h3-5,8-10,20H,6-7H2,1-2H3,(H,21,22). The van der Waals surface area contributed by atoms with Crippen LogP contribution in [0.2, 0.25) is 10.0 Å². The maximum absolute atomic E-state index is 12.0. The molecule has 0 aromatic heterocycles. The molecule has 5 heteroatoms. The Morgan fingerprint density at radius 1 is 1.14 bits per heavy atom. The predicted molar refractivity (Wildman–Crippen MR) is 94.1 cm³/mol. The van der Waals surface area contributed by atoms with Crippen LogP contribution >= 0.6 is 23.2 Å². The van der Waals surface area contributed by atoms with E-state index in [1.165, 1.54) is 0 Å². The number of halogens is 2. The molecule has 0 saturated heterocycles. The van der Waals surface area contributed by atoms with Gasteiger partial charge >= 0.3 is 0 Å². The van der Waals surface area contributed by atoms with Crippen molar-refractivity contribution >= 4 is 40.5 Å². The van der Waals surface area contributed by atoms with Gasteiger partial charge < -0.3 is 10.6 Å². The molecule has 0 unspecified atom stereocenters. The molecule has 0 spiro atoms. The molecule has 1 amide bonds. The van der Waals surface area contributed by atoms with Gasteiger partial charge in [-0.05, 0) is 49.2 Å². The second-order valence-electron chi connectivity index (χ2n) is 5.17. The summed E-state index contributed by atoms with van der Waals surface area (Å²) in [5, 5.41) is 7.26. The van der Waals surface area contributed by atoms with Crippen molar-refractivity contribution in [2.24, 2.45) is 0 Å². The maximum Gasteiger partial charge on any atom is 0.226 e. The Bertz CT molecular complexity index is 663. The van der Waals surface area contributed by atoms with Crippen molar-refractivity contribution in [3.8, 4) is 0 Å². The first kappa shape index (κ1) is 16.7. The molecule has 0 aliphatic rings. The molecule has 0 bridgehead atoms. The zero-order chi connectivity index (χ0) is 16.1. The molecular weight excluding hydrogens is 319 g/mol. The lowest BCUT2D eigenvalue weighted by Crippen LogP contribution is -2.17. The zero-order valence-corrected chi connectivity index (χ0v) is 14.1. The number of aryl methyl sites for hydroxylation is 2. The first-order valence-electron chi connectivity index (χ1n) is 7.02. The number of anilines is 2. The lowest BCUT2D eigenvalue weighted by molar-refractivity contribution is -0.115. The molecule has 0 heterocycles. The van der Waals surface area contributed by atoms with Crippen LogP contribution in [0.1, 0.15) is 17.5 Å². The van der Waals surface area contributed by atoms with Crippen LogP contribution in [0.3, 0.4) is 0 Å². The lowest BCUT2D eigenvalue weighted by atomic mass is 10.1. The van der Waals surface area contributed by atoms with Gasteiger partial charge in [0.15, 0.2) is 0 Å². The van der Waals surface area contributed by atoms with Crippen molar-refractivity contribution in [3.63, 3.8) is 0 Å². The Kier molecular flexibility index (Phi) is 5.69. The largest absolute Gasteiger partial charge is 0.384 e. The molecule has 2 N–H and O–H groups in total. The first-order valence-corrected chi connectivity index (χ1v) is 7.77. The van der Waals surface area contributed by atoms with E-state index in [2.05, 4.69) is 10.6 Å². The molecule has 2 rings (SSSR count). The molecule has 0 atom stereocenters. The molecule has 0 saturated carbocycles. The van der Waals surface area contributed by atoms with Gasteiger partial charge in [-0.25, -0.2) is 0 Å². The number of amides is 1. The second-order valence-corrected chi connectivity index (χ2v) is 6.02. The van der Waals surface area contributed by atoms with E-state index in [4.69, 9.17) is 23.2 Å². The van der Waals surface area contributed by atoms with Crippen LogP contribution in [0, 0.1) is 13.8 Å². The van der Waals surface area contributed by atoms with Gasteiger partial charge in [-0.3, -0.25) is 4.79 Å². The summed E-state index contributed by atoms with van der Waals surface area (Å²) in [6, 6.07) is 11.2. The highest BCUT2D eigenvalue weighted by Gasteiger charge is 2.09. The molecule has 116 valence electrons. The van der Waals surface area contributed by atoms with Crippen LogP contribution in [0.5, 0.6) is 0 Å². The Hall–Kier alpha value is -1.71. The summed E-state index contributed by atoms with van der Waals surface area (Å²) in [5.41, 5.74) is 3.61. The zero-order valence-electron chi connectivity index (χ0n) is 12.5. The first-order chi connectivity index (χ1) is 10.5. The van der Waals surface area contributed by atoms with Gasteiger partial charge in [-0.2, -0.15) is 0 Å². The smallest absolute Gasteiger partial charge is 0.226 e. The second kappa shape index (κ2) is 7.52. The van der Waals surface area contributed by atoms with Crippen molar-refractivity contribution in [2.75, 3.05) is 17.2 Å². The van der Waals surface area contributed by atoms with Crippen LogP contribution in [-0.4, -0.2) is 12.5 Å². The molecule has 0 radical (unpaired) electrons. The van der Waals surface area contributed by atoms with E-state index in [9.17, 15) is 4.79 Å². The molecule has 2 aromatic rings.